The average Bonchev–Trinajstić information content (AvgIpc) is 3.07. The first kappa shape index (κ1) is 34.0. The Balaban J connectivity index is 1.38. The summed E-state index contributed by atoms with van der Waals surface area (Å²) in [5.41, 5.74) is 3.04. The molecule has 1 N–H and O–H groups in total. The van der Waals surface area contributed by atoms with Crippen LogP contribution < -0.4 is 5.49 Å². The third-order valence-corrected chi connectivity index (χ3v) is 8.82. The van der Waals surface area contributed by atoms with Crippen molar-refractivity contribution in [1.82, 2.24) is 24.6 Å². The van der Waals surface area contributed by atoms with Crippen LogP contribution in [0.5, 0.6) is 0 Å². The summed E-state index contributed by atoms with van der Waals surface area (Å²) in [4.78, 5) is 22.9. The van der Waals surface area contributed by atoms with Crippen molar-refractivity contribution in [2.75, 3.05) is 19.6 Å². The molecular weight excluding hydrogens is 608 g/mol. The van der Waals surface area contributed by atoms with Crippen LogP contribution >= 0.6 is 0 Å². The topological polar surface area (TPSA) is 78.1 Å². The van der Waals surface area contributed by atoms with Gasteiger partial charge in [0.15, 0.2) is 5.49 Å². The number of nitrogens with one attached hydrogen (secondary N) is 1. The van der Waals surface area contributed by atoms with Crippen LogP contribution in [-0.4, -0.2) is 56.1 Å². The number of piperidine rings is 1. The largest absolute Gasteiger partial charge is 0.416 e. The molecule has 1 aliphatic heterocycles. The second-order valence-corrected chi connectivity index (χ2v) is 11.9. The maximum atomic E-state index is 14.2. The molecule has 0 radical (unpaired) electrons. The van der Waals surface area contributed by atoms with E-state index in [9.17, 15) is 22.4 Å². The lowest BCUT2D eigenvalue weighted by Crippen LogP contribution is -2.48. The normalized spacial score (nSPS) is 14.3. The standard InChI is InChI=1S/C36H40F4N6O/c1-3-32-35(41)42-33(17-10-25-6-5-7-30(37)22-25)46(43-32)24-34(47)45(31-18-20-44(4-2)21-19-31)23-26-8-11-27(12-9-26)28-13-15-29(16-14-28)36(38,39)40/h5-9,11-16,22,31,41H,3-4,10,17-21,23-24H2,1-2H3. The van der Waals surface area contributed by atoms with Gasteiger partial charge in [0, 0.05) is 32.1 Å². The summed E-state index contributed by atoms with van der Waals surface area (Å²) >= 11 is 0. The van der Waals surface area contributed by atoms with Crippen molar-refractivity contribution in [3.63, 3.8) is 0 Å². The second-order valence-electron chi connectivity index (χ2n) is 11.9. The van der Waals surface area contributed by atoms with Crippen LogP contribution in [0.25, 0.3) is 11.1 Å². The number of aryl methyl sites for hydroxylation is 3. The molecule has 3 aromatic carbocycles. The van der Waals surface area contributed by atoms with Gasteiger partial charge in [-0.2, -0.15) is 18.3 Å². The van der Waals surface area contributed by atoms with E-state index in [1.54, 1.807) is 10.7 Å². The van der Waals surface area contributed by atoms with Crippen molar-refractivity contribution in [3.8, 4) is 11.1 Å². The van der Waals surface area contributed by atoms with Crippen LogP contribution in [-0.2, 0) is 43.3 Å². The lowest BCUT2D eigenvalue weighted by atomic mass is 10.00. The Kier molecular flexibility index (Phi) is 10.9. The third-order valence-electron chi connectivity index (χ3n) is 8.82. The number of nitrogens with zero attached hydrogens (tertiary/aromatic N) is 5. The second kappa shape index (κ2) is 15.0. The number of hydrogen-bond acceptors (Lipinski definition) is 5. The molecular formula is C36H40F4N6O. The van der Waals surface area contributed by atoms with Gasteiger partial charge in [0.1, 0.15) is 23.9 Å². The average molecular weight is 649 g/mol. The molecule has 2 heterocycles. The Morgan fingerprint density at radius 3 is 2.19 bits per heavy atom. The van der Waals surface area contributed by atoms with E-state index in [-0.39, 0.29) is 29.8 Å². The molecule has 5 rings (SSSR count). The Morgan fingerprint density at radius 2 is 1.60 bits per heavy atom. The van der Waals surface area contributed by atoms with Gasteiger partial charge in [-0.05, 0) is 78.7 Å². The lowest BCUT2D eigenvalue weighted by molar-refractivity contribution is -0.138. The summed E-state index contributed by atoms with van der Waals surface area (Å²) in [6.45, 7) is 7.06. The molecule has 1 amide bonds. The highest BCUT2D eigenvalue weighted by Crippen LogP contribution is 2.31. The van der Waals surface area contributed by atoms with E-state index >= 15 is 0 Å². The van der Waals surface area contributed by atoms with Crippen molar-refractivity contribution >= 4 is 5.91 Å². The lowest BCUT2D eigenvalue weighted by Gasteiger charge is -2.38. The number of likely N-dealkylation sites (tertiary alicyclic amines) is 1. The van der Waals surface area contributed by atoms with Crippen LogP contribution in [0.1, 0.15) is 54.9 Å². The monoisotopic (exact) mass is 648 g/mol. The number of aromatic nitrogens is 3. The highest BCUT2D eigenvalue weighted by Gasteiger charge is 2.30. The molecule has 0 atom stereocenters. The van der Waals surface area contributed by atoms with Gasteiger partial charge in [0.05, 0.1) is 5.56 Å². The Bertz CT molecular complexity index is 1710. The van der Waals surface area contributed by atoms with E-state index in [4.69, 9.17) is 5.41 Å². The fourth-order valence-electron chi connectivity index (χ4n) is 6.04. The van der Waals surface area contributed by atoms with E-state index in [1.165, 1.54) is 24.3 Å². The van der Waals surface area contributed by atoms with Gasteiger partial charge in [-0.1, -0.05) is 62.4 Å². The van der Waals surface area contributed by atoms with E-state index < -0.39 is 11.7 Å². The number of carbonyl (C=O) groups excluding carboxylic acids is 1. The van der Waals surface area contributed by atoms with Crippen LogP contribution in [0.2, 0.25) is 0 Å². The third kappa shape index (κ3) is 8.71. The van der Waals surface area contributed by atoms with Gasteiger partial charge >= 0.3 is 6.18 Å². The first-order chi connectivity index (χ1) is 22.5. The number of benzene rings is 3. The Morgan fingerprint density at radius 1 is 0.936 bits per heavy atom. The molecule has 1 saturated heterocycles. The van der Waals surface area contributed by atoms with Gasteiger partial charge in [-0.15, -0.1) is 0 Å². The minimum Gasteiger partial charge on any atom is -0.334 e. The minimum absolute atomic E-state index is 0.0188. The minimum atomic E-state index is -4.39. The van der Waals surface area contributed by atoms with Crippen LogP contribution in [0.4, 0.5) is 17.6 Å². The first-order valence-electron chi connectivity index (χ1n) is 16.1. The van der Waals surface area contributed by atoms with Crippen molar-refractivity contribution in [3.05, 3.63) is 112 Å². The number of rotatable bonds is 11. The number of amides is 1. The summed E-state index contributed by atoms with van der Waals surface area (Å²) in [6.07, 6.45) is -1.36. The molecule has 1 fully saturated rings. The van der Waals surface area contributed by atoms with Gasteiger partial charge in [-0.25, -0.2) is 14.1 Å². The van der Waals surface area contributed by atoms with Gasteiger partial charge in [0.25, 0.3) is 0 Å². The number of halogens is 4. The van der Waals surface area contributed by atoms with Crippen LogP contribution in [0, 0.1) is 11.2 Å². The molecule has 0 spiro atoms. The Labute approximate surface area is 272 Å². The van der Waals surface area contributed by atoms with E-state index in [0.717, 1.165) is 61.3 Å². The summed E-state index contributed by atoms with van der Waals surface area (Å²) in [6, 6.07) is 19.0. The highest BCUT2D eigenvalue weighted by molar-refractivity contribution is 5.76. The summed E-state index contributed by atoms with van der Waals surface area (Å²) in [5, 5.41) is 13.0. The molecule has 0 saturated carbocycles. The van der Waals surface area contributed by atoms with E-state index in [1.807, 2.05) is 42.2 Å². The smallest absolute Gasteiger partial charge is 0.334 e. The fourth-order valence-corrected chi connectivity index (χ4v) is 6.04. The SMILES string of the molecule is CCc1nn(CC(=O)N(Cc2ccc(-c3ccc(C(F)(F)F)cc3)cc2)C2CCN(CC)CC2)c(CCc2cccc(F)c2)nc1=N. The molecule has 0 bridgehead atoms. The van der Waals surface area contributed by atoms with Crippen molar-refractivity contribution in [2.24, 2.45) is 0 Å². The fraction of sp³-hybridized carbons (Fsp3) is 0.389. The number of hydrogen-bond donors (Lipinski definition) is 1. The molecule has 1 aliphatic rings. The van der Waals surface area contributed by atoms with Gasteiger partial charge < -0.3 is 9.80 Å². The maximum Gasteiger partial charge on any atom is 0.416 e. The molecule has 11 heteroatoms. The van der Waals surface area contributed by atoms with E-state index in [2.05, 4.69) is 21.9 Å². The predicted octanol–water partition coefficient (Wildman–Crippen LogP) is 6.44. The van der Waals surface area contributed by atoms with Crippen molar-refractivity contribution in [1.29, 1.82) is 5.41 Å². The predicted molar refractivity (Wildman–Crippen MR) is 172 cm³/mol. The van der Waals surface area contributed by atoms with Crippen LogP contribution in [0.15, 0.2) is 72.8 Å². The zero-order valence-corrected chi connectivity index (χ0v) is 26.7. The maximum absolute atomic E-state index is 14.2. The zero-order valence-electron chi connectivity index (χ0n) is 26.7. The molecule has 0 unspecified atom stereocenters. The first-order valence-corrected chi connectivity index (χ1v) is 16.1. The zero-order chi connectivity index (χ0) is 33.6. The summed E-state index contributed by atoms with van der Waals surface area (Å²) < 4.78 is 54.5. The van der Waals surface area contributed by atoms with Crippen molar-refractivity contribution < 1.29 is 22.4 Å². The Hall–Kier alpha value is -4.38. The molecule has 248 valence electrons. The van der Waals surface area contributed by atoms with E-state index in [0.29, 0.717) is 42.9 Å². The number of alkyl halides is 3. The summed E-state index contributed by atoms with van der Waals surface area (Å²) in [5.74, 6) is 0.0561. The van der Waals surface area contributed by atoms with Gasteiger partial charge in [-0.3, -0.25) is 10.2 Å². The molecule has 47 heavy (non-hydrogen) atoms. The highest BCUT2D eigenvalue weighted by atomic mass is 19.4. The summed E-state index contributed by atoms with van der Waals surface area (Å²) in [7, 11) is 0. The molecule has 1 aromatic heterocycles. The van der Waals surface area contributed by atoms with Crippen molar-refractivity contribution in [2.45, 2.75) is 71.3 Å². The van der Waals surface area contributed by atoms with Crippen LogP contribution in [0.3, 0.4) is 0 Å². The molecule has 0 aliphatic carbocycles. The van der Waals surface area contributed by atoms with Gasteiger partial charge in [0.2, 0.25) is 5.91 Å². The molecule has 4 aromatic rings. The molecule has 7 nitrogen and oxygen atoms in total. The number of carbonyl (C=O) groups is 1. The quantitative estimate of drug-likeness (QED) is 0.190.